The molecule has 1 unspecified atom stereocenters. The van der Waals surface area contributed by atoms with Crippen LogP contribution in [0.3, 0.4) is 0 Å². The molecule has 1 heterocycles. The minimum Gasteiger partial charge on any atom is -0.497 e. The minimum atomic E-state index is -0.623. The van der Waals surface area contributed by atoms with Crippen LogP contribution in [-0.4, -0.2) is 31.3 Å². The summed E-state index contributed by atoms with van der Waals surface area (Å²) < 4.78 is 15.4. The average molecular weight is 358 g/mol. The molecule has 1 aliphatic carbocycles. The lowest BCUT2D eigenvalue weighted by molar-refractivity contribution is -0.146. The Morgan fingerprint density at radius 3 is 2.77 bits per heavy atom. The van der Waals surface area contributed by atoms with E-state index in [1.54, 1.807) is 24.3 Å². The molecular formula is C19H18O7. The van der Waals surface area contributed by atoms with Gasteiger partial charge in [0.2, 0.25) is 0 Å². The van der Waals surface area contributed by atoms with Gasteiger partial charge in [-0.3, -0.25) is 14.4 Å². The zero-order valence-electron chi connectivity index (χ0n) is 14.3. The van der Waals surface area contributed by atoms with Crippen LogP contribution in [0.5, 0.6) is 5.75 Å². The maximum atomic E-state index is 12.1. The van der Waals surface area contributed by atoms with Gasteiger partial charge >= 0.3 is 11.6 Å². The molecule has 0 amide bonds. The first-order valence-electron chi connectivity index (χ1n) is 8.27. The minimum absolute atomic E-state index is 0.0684. The lowest BCUT2D eigenvalue weighted by atomic mass is 9.88. The van der Waals surface area contributed by atoms with Gasteiger partial charge in [-0.2, -0.15) is 0 Å². The predicted molar refractivity (Wildman–Crippen MR) is 91.1 cm³/mol. The molecule has 1 aliphatic rings. The molecular weight excluding hydrogens is 340 g/mol. The second-order valence-electron chi connectivity index (χ2n) is 6.24. The summed E-state index contributed by atoms with van der Waals surface area (Å²) in [4.78, 5) is 47.0. The summed E-state index contributed by atoms with van der Waals surface area (Å²) >= 11 is 0. The molecule has 0 bridgehead atoms. The van der Waals surface area contributed by atoms with Crippen molar-refractivity contribution in [3.05, 3.63) is 40.2 Å². The number of hydrogen-bond acceptors (Lipinski definition) is 7. The summed E-state index contributed by atoms with van der Waals surface area (Å²) in [6.45, 7) is -0.0684. The number of Topliss-reactive ketones (excluding diaryl/α,β-unsaturated/α-hetero) is 2. The Morgan fingerprint density at radius 2 is 2.04 bits per heavy atom. The van der Waals surface area contributed by atoms with E-state index in [9.17, 15) is 19.2 Å². The molecule has 0 spiro atoms. The number of rotatable bonds is 5. The van der Waals surface area contributed by atoms with Gasteiger partial charge in [-0.05, 0) is 24.6 Å². The van der Waals surface area contributed by atoms with Crippen LogP contribution in [-0.2, 0) is 25.5 Å². The van der Waals surface area contributed by atoms with Crippen molar-refractivity contribution in [3.8, 4) is 5.75 Å². The van der Waals surface area contributed by atoms with E-state index in [-0.39, 0.29) is 36.6 Å². The highest BCUT2D eigenvalue weighted by Gasteiger charge is 2.28. The number of carbonyl (C=O) groups excluding carboxylic acids is 3. The smallest absolute Gasteiger partial charge is 0.340 e. The summed E-state index contributed by atoms with van der Waals surface area (Å²) in [5.41, 5.74) is -0.0798. The molecule has 2 aromatic rings. The lowest BCUT2D eigenvalue weighted by Gasteiger charge is -2.19. The molecule has 0 radical (unpaired) electrons. The van der Waals surface area contributed by atoms with Crippen LogP contribution >= 0.6 is 0 Å². The van der Waals surface area contributed by atoms with Gasteiger partial charge in [-0.25, -0.2) is 4.79 Å². The van der Waals surface area contributed by atoms with Crippen molar-refractivity contribution in [2.24, 2.45) is 5.92 Å². The number of methoxy groups -OCH3 is 1. The molecule has 3 rings (SSSR count). The van der Waals surface area contributed by atoms with E-state index >= 15 is 0 Å². The number of esters is 1. The Hall–Kier alpha value is -2.96. The van der Waals surface area contributed by atoms with Crippen molar-refractivity contribution >= 4 is 28.5 Å². The maximum Gasteiger partial charge on any atom is 0.340 e. The molecule has 1 atom stereocenters. The molecule has 0 saturated heterocycles. The number of benzene rings is 1. The topological polar surface area (TPSA) is 99.9 Å². The van der Waals surface area contributed by atoms with Crippen LogP contribution in [0.25, 0.3) is 11.0 Å². The predicted octanol–water partition coefficient (Wildman–Crippen LogP) is 1.83. The van der Waals surface area contributed by atoms with Crippen LogP contribution in [0, 0.1) is 5.92 Å². The van der Waals surface area contributed by atoms with Crippen molar-refractivity contribution in [1.82, 2.24) is 0 Å². The number of ether oxygens (including phenoxy) is 2. The molecule has 1 saturated carbocycles. The van der Waals surface area contributed by atoms with Crippen LogP contribution in [0.4, 0.5) is 0 Å². The fourth-order valence-electron chi connectivity index (χ4n) is 2.88. The molecule has 136 valence electrons. The van der Waals surface area contributed by atoms with E-state index in [2.05, 4.69) is 0 Å². The third-order valence-corrected chi connectivity index (χ3v) is 4.39. The second-order valence-corrected chi connectivity index (χ2v) is 6.24. The molecule has 26 heavy (non-hydrogen) atoms. The van der Waals surface area contributed by atoms with Crippen LogP contribution < -0.4 is 10.4 Å². The van der Waals surface area contributed by atoms with Crippen LogP contribution in [0.1, 0.15) is 24.8 Å². The zero-order chi connectivity index (χ0) is 18.7. The number of hydrogen-bond donors (Lipinski definition) is 0. The summed E-state index contributed by atoms with van der Waals surface area (Å²) in [5, 5.41) is 0.661. The van der Waals surface area contributed by atoms with Gasteiger partial charge in [0.05, 0.1) is 25.9 Å². The summed E-state index contributed by atoms with van der Waals surface area (Å²) in [5.74, 6) is -0.786. The van der Waals surface area contributed by atoms with E-state index in [1.807, 2.05) is 0 Å². The van der Waals surface area contributed by atoms with Crippen LogP contribution in [0.2, 0.25) is 0 Å². The van der Waals surface area contributed by atoms with Gasteiger partial charge in [0.25, 0.3) is 0 Å². The molecule has 1 aromatic carbocycles. The third-order valence-electron chi connectivity index (χ3n) is 4.39. The first kappa shape index (κ1) is 17.8. The monoisotopic (exact) mass is 358 g/mol. The van der Waals surface area contributed by atoms with Gasteiger partial charge in [-0.15, -0.1) is 0 Å². The van der Waals surface area contributed by atoms with Gasteiger partial charge < -0.3 is 13.9 Å². The van der Waals surface area contributed by atoms with E-state index < -0.39 is 17.5 Å². The summed E-state index contributed by atoms with van der Waals surface area (Å²) in [7, 11) is 1.51. The van der Waals surface area contributed by atoms with Crippen molar-refractivity contribution < 1.29 is 28.3 Å². The largest absolute Gasteiger partial charge is 0.497 e. The highest BCUT2D eigenvalue weighted by molar-refractivity contribution is 6.02. The van der Waals surface area contributed by atoms with Gasteiger partial charge in [0, 0.05) is 23.4 Å². The molecule has 0 aliphatic heterocycles. The van der Waals surface area contributed by atoms with Crippen molar-refractivity contribution in [3.63, 3.8) is 0 Å². The molecule has 7 nitrogen and oxygen atoms in total. The standard InChI is InChI=1S/C19H18O7/c1-24-15-5-3-11-6-13(19(23)26-17(11)9-15)7-18(22)25-10-12-2-4-14(20)8-16(12)21/h3,5-6,9,12H,2,4,7-8,10H2,1H3. The summed E-state index contributed by atoms with van der Waals surface area (Å²) in [6, 6.07) is 6.62. The number of ketones is 2. The highest BCUT2D eigenvalue weighted by atomic mass is 16.5. The average Bonchev–Trinajstić information content (AvgIpc) is 2.61. The first-order valence-corrected chi connectivity index (χ1v) is 8.27. The van der Waals surface area contributed by atoms with Crippen molar-refractivity contribution in [2.75, 3.05) is 13.7 Å². The normalized spacial score (nSPS) is 17.3. The van der Waals surface area contributed by atoms with Crippen molar-refractivity contribution in [1.29, 1.82) is 0 Å². The van der Waals surface area contributed by atoms with Gasteiger partial charge in [0.15, 0.2) is 0 Å². The maximum absolute atomic E-state index is 12.1. The number of carbonyl (C=O) groups is 3. The zero-order valence-corrected chi connectivity index (χ0v) is 14.3. The molecule has 1 fully saturated rings. The Labute approximate surface area is 148 Å². The van der Waals surface area contributed by atoms with E-state index in [4.69, 9.17) is 13.9 Å². The molecule has 1 aromatic heterocycles. The number of fused-ring (bicyclic) bond motifs is 1. The fourth-order valence-corrected chi connectivity index (χ4v) is 2.88. The lowest BCUT2D eigenvalue weighted by Crippen LogP contribution is -2.29. The van der Waals surface area contributed by atoms with E-state index in [1.165, 1.54) is 7.11 Å². The van der Waals surface area contributed by atoms with Gasteiger partial charge in [0.1, 0.15) is 29.5 Å². The third kappa shape index (κ3) is 3.99. The fraction of sp³-hybridized carbons (Fsp3) is 0.368. The SMILES string of the molecule is COc1ccc2cc(CC(=O)OCC3CCC(=O)CC3=O)c(=O)oc2c1. The quantitative estimate of drug-likeness (QED) is 0.456. The Balaban J connectivity index is 1.65. The molecule has 7 heteroatoms. The Bertz CT molecular complexity index is 925. The first-order chi connectivity index (χ1) is 12.5. The van der Waals surface area contributed by atoms with Crippen molar-refractivity contribution in [2.45, 2.75) is 25.7 Å². The molecule has 0 N–H and O–H groups in total. The van der Waals surface area contributed by atoms with Crippen LogP contribution in [0.15, 0.2) is 33.5 Å². The Morgan fingerprint density at radius 1 is 1.23 bits per heavy atom. The van der Waals surface area contributed by atoms with Gasteiger partial charge in [-0.1, -0.05) is 0 Å². The Kier molecular flexibility index (Phi) is 5.16. The highest BCUT2D eigenvalue weighted by Crippen LogP contribution is 2.21. The second kappa shape index (κ2) is 7.51. The van der Waals surface area contributed by atoms with E-state index in [0.717, 1.165) is 0 Å². The van der Waals surface area contributed by atoms with E-state index in [0.29, 0.717) is 29.6 Å². The summed E-state index contributed by atoms with van der Waals surface area (Å²) in [6.07, 6.45) is 0.376.